The van der Waals surface area contributed by atoms with Gasteiger partial charge in [0.15, 0.2) is 4.77 Å². The molecule has 1 amide bonds. The zero-order chi connectivity index (χ0) is 18.7. The molecule has 1 saturated carbocycles. The smallest absolute Gasteiger partial charge is 0.261 e. The lowest BCUT2D eigenvalue weighted by Gasteiger charge is -2.28. The third kappa shape index (κ3) is 4.04. The number of carbonyl (C=O) groups excluding carboxylic acids is 1. The van der Waals surface area contributed by atoms with Crippen molar-refractivity contribution >= 4 is 29.0 Å². The first kappa shape index (κ1) is 18.8. The van der Waals surface area contributed by atoms with Gasteiger partial charge < -0.3 is 15.0 Å². The highest BCUT2D eigenvalue weighted by atomic mass is 32.1. The van der Waals surface area contributed by atoms with E-state index < -0.39 is 0 Å². The number of fused-ring (bicyclic) bond motifs is 1. The van der Waals surface area contributed by atoms with Crippen LogP contribution in [0.1, 0.15) is 43.0 Å². The number of aromatic amines is 1. The molecule has 26 heavy (non-hydrogen) atoms. The lowest BCUT2D eigenvalue weighted by molar-refractivity contribution is -0.00293. The Morgan fingerprint density at radius 3 is 2.92 bits per heavy atom. The first-order valence-corrected chi connectivity index (χ1v) is 9.51. The Hall–Kier alpha value is -1.99. The minimum atomic E-state index is -0.188. The normalized spacial score (nSPS) is 20.2. The summed E-state index contributed by atoms with van der Waals surface area (Å²) in [6.07, 6.45) is 5.13. The highest BCUT2D eigenvalue weighted by Gasteiger charge is 2.21. The molecule has 6 nitrogen and oxygen atoms in total. The number of nitrogens with one attached hydrogen (secondary N) is 2. The van der Waals surface area contributed by atoms with E-state index in [0.29, 0.717) is 46.4 Å². The number of hydrogen-bond acceptors (Lipinski definition) is 4. The molecule has 7 heteroatoms. The van der Waals surface area contributed by atoms with Crippen LogP contribution in [0.2, 0.25) is 0 Å². The Kier molecular flexibility index (Phi) is 5.88. The third-order valence-corrected chi connectivity index (χ3v) is 5.49. The van der Waals surface area contributed by atoms with Crippen molar-refractivity contribution in [3.63, 3.8) is 0 Å². The van der Waals surface area contributed by atoms with Crippen LogP contribution < -0.4 is 10.9 Å². The number of amides is 1. The first-order chi connectivity index (χ1) is 12.5. The second kappa shape index (κ2) is 8.14. The van der Waals surface area contributed by atoms with Crippen molar-refractivity contribution in [1.82, 2.24) is 14.9 Å². The summed E-state index contributed by atoms with van der Waals surface area (Å²) in [5.41, 5.74) is 0.881. The van der Waals surface area contributed by atoms with Crippen LogP contribution in [0.15, 0.2) is 23.0 Å². The molecule has 0 aliphatic heterocycles. The zero-order valence-corrected chi connectivity index (χ0v) is 16.0. The fourth-order valence-electron chi connectivity index (χ4n) is 3.45. The van der Waals surface area contributed by atoms with Gasteiger partial charge in [-0.05, 0) is 49.2 Å². The summed E-state index contributed by atoms with van der Waals surface area (Å²) in [6.45, 7) is 3.20. The van der Waals surface area contributed by atoms with E-state index in [1.165, 1.54) is 23.8 Å². The van der Waals surface area contributed by atoms with Gasteiger partial charge in [-0.3, -0.25) is 14.2 Å². The van der Waals surface area contributed by atoms with Gasteiger partial charge in [0.25, 0.3) is 11.5 Å². The molecule has 1 heterocycles. The molecule has 1 aromatic heterocycles. The molecule has 2 aromatic rings. The Morgan fingerprint density at radius 2 is 2.15 bits per heavy atom. The zero-order valence-electron chi connectivity index (χ0n) is 15.2. The highest BCUT2D eigenvalue weighted by molar-refractivity contribution is 7.71. The summed E-state index contributed by atoms with van der Waals surface area (Å²) in [5, 5.41) is 3.38. The van der Waals surface area contributed by atoms with Crippen LogP contribution in [0.25, 0.3) is 10.9 Å². The Morgan fingerprint density at radius 1 is 1.38 bits per heavy atom. The predicted molar refractivity (Wildman–Crippen MR) is 104 cm³/mol. The monoisotopic (exact) mass is 375 g/mol. The van der Waals surface area contributed by atoms with Crippen molar-refractivity contribution < 1.29 is 9.53 Å². The van der Waals surface area contributed by atoms with Gasteiger partial charge in [-0.25, -0.2) is 0 Å². The van der Waals surface area contributed by atoms with Gasteiger partial charge >= 0.3 is 0 Å². The summed E-state index contributed by atoms with van der Waals surface area (Å²) in [6, 6.07) is 4.96. The average molecular weight is 375 g/mol. The second-order valence-electron chi connectivity index (χ2n) is 6.98. The summed E-state index contributed by atoms with van der Waals surface area (Å²) in [5.74, 6) is 0.401. The topological polar surface area (TPSA) is 76.1 Å². The summed E-state index contributed by atoms with van der Waals surface area (Å²) in [7, 11) is 1.62. The molecule has 1 aromatic carbocycles. The summed E-state index contributed by atoms with van der Waals surface area (Å²) < 4.78 is 7.62. The number of nitrogens with zero attached hydrogens (tertiary/aromatic N) is 1. The number of aromatic nitrogens is 2. The van der Waals surface area contributed by atoms with Crippen molar-refractivity contribution in [2.45, 2.75) is 38.7 Å². The molecule has 3 rings (SSSR count). The maximum atomic E-state index is 12.4. The van der Waals surface area contributed by atoms with Crippen LogP contribution in [-0.2, 0) is 11.8 Å². The van der Waals surface area contributed by atoms with Gasteiger partial charge in [0.2, 0.25) is 0 Å². The maximum absolute atomic E-state index is 12.4. The molecule has 1 aliphatic rings. The molecular weight excluding hydrogens is 350 g/mol. The van der Waals surface area contributed by atoms with E-state index in [2.05, 4.69) is 17.2 Å². The van der Waals surface area contributed by atoms with Crippen molar-refractivity contribution in [3.8, 4) is 0 Å². The minimum absolute atomic E-state index is 0.175. The Bertz CT molecular complexity index is 918. The molecule has 0 spiro atoms. The predicted octanol–water partition coefficient (Wildman–Crippen LogP) is 2.92. The van der Waals surface area contributed by atoms with E-state index in [4.69, 9.17) is 17.0 Å². The molecule has 140 valence electrons. The van der Waals surface area contributed by atoms with Gasteiger partial charge in [0, 0.05) is 19.2 Å². The van der Waals surface area contributed by atoms with E-state index in [9.17, 15) is 9.59 Å². The molecule has 1 fully saturated rings. The summed E-state index contributed by atoms with van der Waals surface area (Å²) >= 11 is 5.12. The summed E-state index contributed by atoms with van der Waals surface area (Å²) in [4.78, 5) is 27.5. The largest absolute Gasteiger partial charge is 0.376 e. The number of rotatable bonds is 5. The molecule has 1 aliphatic carbocycles. The fourth-order valence-corrected chi connectivity index (χ4v) is 3.65. The van der Waals surface area contributed by atoms with E-state index in [1.807, 2.05) is 0 Å². The maximum Gasteiger partial charge on any atom is 0.261 e. The Labute approximate surface area is 157 Å². The van der Waals surface area contributed by atoms with Crippen molar-refractivity contribution in [2.75, 3.05) is 13.2 Å². The fraction of sp³-hybridized carbons (Fsp3) is 0.526. The second-order valence-corrected chi connectivity index (χ2v) is 7.37. The van der Waals surface area contributed by atoms with Crippen molar-refractivity contribution in [2.24, 2.45) is 13.0 Å². The standard InChI is InChI=1S/C19H25N3O3S/c1-12-5-3-4-6-16(12)25-10-9-20-17(23)13-7-8-14-15(11-13)21-19(26)22(2)18(14)24/h7-8,11-12,16H,3-6,9-10H2,1-2H3,(H,20,23)(H,21,26)/t12-,16+/m0/s1. The van der Waals surface area contributed by atoms with Crippen LogP contribution in [0, 0.1) is 10.7 Å². The first-order valence-electron chi connectivity index (χ1n) is 9.10. The van der Waals surface area contributed by atoms with E-state index in [-0.39, 0.29) is 11.5 Å². The average Bonchev–Trinajstić information content (AvgIpc) is 2.64. The van der Waals surface area contributed by atoms with Crippen LogP contribution in [0.3, 0.4) is 0 Å². The molecule has 0 saturated heterocycles. The van der Waals surface area contributed by atoms with Crippen LogP contribution in [-0.4, -0.2) is 34.7 Å². The molecule has 2 atom stereocenters. The van der Waals surface area contributed by atoms with Crippen molar-refractivity contribution in [3.05, 3.63) is 38.9 Å². The Balaban J connectivity index is 1.60. The molecule has 0 unspecified atom stereocenters. The minimum Gasteiger partial charge on any atom is -0.376 e. The van der Waals surface area contributed by atoms with Crippen LogP contribution in [0.4, 0.5) is 0 Å². The lowest BCUT2D eigenvalue weighted by atomic mass is 9.88. The highest BCUT2D eigenvalue weighted by Crippen LogP contribution is 2.25. The number of hydrogen-bond donors (Lipinski definition) is 2. The van der Waals surface area contributed by atoms with E-state index in [0.717, 1.165) is 6.42 Å². The van der Waals surface area contributed by atoms with Crippen LogP contribution >= 0.6 is 12.2 Å². The van der Waals surface area contributed by atoms with E-state index in [1.54, 1.807) is 25.2 Å². The van der Waals surface area contributed by atoms with Gasteiger partial charge in [-0.1, -0.05) is 19.8 Å². The van der Waals surface area contributed by atoms with Crippen molar-refractivity contribution in [1.29, 1.82) is 0 Å². The lowest BCUT2D eigenvalue weighted by Crippen LogP contribution is -2.31. The van der Waals surface area contributed by atoms with Gasteiger partial charge in [0.1, 0.15) is 0 Å². The molecular formula is C19H25N3O3S. The van der Waals surface area contributed by atoms with Gasteiger partial charge in [-0.2, -0.15) is 0 Å². The molecule has 2 N–H and O–H groups in total. The molecule has 0 bridgehead atoms. The SMILES string of the molecule is C[C@H]1CCCC[C@H]1OCCNC(=O)c1ccc2c(=O)n(C)c(=S)[nH]c2c1. The number of H-pyrrole nitrogens is 1. The van der Waals surface area contributed by atoms with Crippen LogP contribution in [0.5, 0.6) is 0 Å². The molecule has 0 radical (unpaired) electrons. The third-order valence-electron chi connectivity index (χ3n) is 5.12. The number of carbonyl (C=O) groups is 1. The van der Waals surface area contributed by atoms with Gasteiger partial charge in [-0.15, -0.1) is 0 Å². The number of benzene rings is 1. The number of ether oxygens (including phenoxy) is 1. The quantitative estimate of drug-likeness (QED) is 0.622. The van der Waals surface area contributed by atoms with Gasteiger partial charge in [0.05, 0.1) is 23.6 Å². The van der Waals surface area contributed by atoms with E-state index >= 15 is 0 Å².